The maximum absolute atomic E-state index is 11.0. The number of nitrogens with zero attached hydrogens (tertiary/aromatic N) is 1. The van der Waals surface area contributed by atoms with Crippen LogP contribution < -0.4 is 5.32 Å². The van der Waals surface area contributed by atoms with Gasteiger partial charge in [0.25, 0.3) is 5.69 Å². The molecule has 0 amide bonds. The number of halogens is 2. The molecule has 0 aliphatic rings. The van der Waals surface area contributed by atoms with Gasteiger partial charge in [-0.3, -0.25) is 10.1 Å². The van der Waals surface area contributed by atoms with Crippen LogP contribution >= 0.6 is 27.5 Å². The van der Waals surface area contributed by atoms with Crippen molar-refractivity contribution in [1.82, 2.24) is 5.32 Å². The summed E-state index contributed by atoms with van der Waals surface area (Å²) in [4.78, 5) is 10.6. The minimum Gasteiger partial charge on any atom is -0.306 e. The molecule has 1 N–H and O–H groups in total. The van der Waals surface area contributed by atoms with E-state index >= 15 is 0 Å². The minimum absolute atomic E-state index is 0.0398. The van der Waals surface area contributed by atoms with Crippen molar-refractivity contribution in [3.05, 3.63) is 73.2 Å². The van der Waals surface area contributed by atoms with Crippen LogP contribution in [0.2, 0.25) is 5.02 Å². The summed E-state index contributed by atoms with van der Waals surface area (Å²) >= 11 is 9.47. The highest BCUT2D eigenvalue weighted by atomic mass is 79.9. The lowest BCUT2D eigenvalue weighted by Gasteiger charge is -2.15. The first-order valence-electron chi connectivity index (χ1n) is 6.39. The Morgan fingerprint density at radius 2 is 1.95 bits per heavy atom. The number of nitrogens with one attached hydrogen (secondary N) is 1. The van der Waals surface area contributed by atoms with Crippen molar-refractivity contribution < 1.29 is 4.92 Å². The zero-order chi connectivity index (χ0) is 15.4. The van der Waals surface area contributed by atoms with Crippen LogP contribution in [0.15, 0.2) is 46.9 Å². The summed E-state index contributed by atoms with van der Waals surface area (Å²) in [6.45, 7) is 2.35. The Morgan fingerprint density at radius 3 is 2.57 bits per heavy atom. The Hall–Kier alpha value is -1.43. The predicted octanol–water partition coefficient (Wildman–Crippen LogP) is 4.86. The van der Waals surface area contributed by atoms with E-state index in [0.29, 0.717) is 17.1 Å². The highest BCUT2D eigenvalue weighted by Gasteiger charge is 2.17. The molecular formula is C15H14BrClN2O2. The summed E-state index contributed by atoms with van der Waals surface area (Å²) in [7, 11) is 0. The van der Waals surface area contributed by atoms with Crippen molar-refractivity contribution in [2.24, 2.45) is 0 Å². The van der Waals surface area contributed by atoms with Crippen LogP contribution in [0.25, 0.3) is 0 Å². The van der Waals surface area contributed by atoms with Crippen LogP contribution in [0, 0.1) is 10.1 Å². The fraction of sp³-hybridized carbons (Fsp3) is 0.200. The van der Waals surface area contributed by atoms with Crippen LogP contribution in [0.4, 0.5) is 5.69 Å². The Balaban J connectivity index is 2.13. The van der Waals surface area contributed by atoms with Gasteiger partial charge in [-0.1, -0.05) is 45.7 Å². The Labute approximate surface area is 136 Å². The van der Waals surface area contributed by atoms with Crippen LogP contribution in [0.1, 0.15) is 24.1 Å². The molecule has 6 heteroatoms. The summed E-state index contributed by atoms with van der Waals surface area (Å²) in [6.07, 6.45) is 0. The van der Waals surface area contributed by atoms with Crippen molar-refractivity contribution in [3.8, 4) is 0 Å². The van der Waals surface area contributed by atoms with Crippen molar-refractivity contribution in [2.45, 2.75) is 19.5 Å². The van der Waals surface area contributed by atoms with Crippen molar-refractivity contribution in [1.29, 1.82) is 0 Å². The van der Waals surface area contributed by atoms with E-state index in [1.54, 1.807) is 12.1 Å². The first-order valence-corrected chi connectivity index (χ1v) is 7.56. The number of rotatable bonds is 5. The number of hydrogen-bond acceptors (Lipinski definition) is 3. The van der Waals surface area contributed by atoms with Crippen molar-refractivity contribution in [3.63, 3.8) is 0 Å². The SMILES string of the molecule is CC(NCc1c(Cl)cccc1[N+](=O)[O-])c1ccc(Br)cc1. The number of benzene rings is 2. The molecule has 0 fully saturated rings. The lowest BCUT2D eigenvalue weighted by molar-refractivity contribution is -0.385. The van der Waals surface area contributed by atoms with Crippen molar-refractivity contribution in [2.75, 3.05) is 0 Å². The summed E-state index contributed by atoms with van der Waals surface area (Å²) in [5.41, 5.74) is 1.65. The lowest BCUT2D eigenvalue weighted by atomic mass is 10.1. The first kappa shape index (κ1) is 15.9. The van der Waals surface area contributed by atoms with E-state index < -0.39 is 4.92 Å². The predicted molar refractivity (Wildman–Crippen MR) is 87.5 cm³/mol. The van der Waals surface area contributed by atoms with Gasteiger partial charge >= 0.3 is 0 Å². The third kappa shape index (κ3) is 4.03. The zero-order valence-electron chi connectivity index (χ0n) is 11.3. The molecule has 1 atom stereocenters. The molecule has 110 valence electrons. The maximum Gasteiger partial charge on any atom is 0.275 e. The summed E-state index contributed by atoms with van der Waals surface area (Å²) < 4.78 is 1.01. The van der Waals surface area contributed by atoms with E-state index in [1.807, 2.05) is 31.2 Å². The van der Waals surface area contributed by atoms with Gasteiger partial charge in [-0.05, 0) is 30.7 Å². The highest BCUT2D eigenvalue weighted by Crippen LogP contribution is 2.27. The molecule has 0 bridgehead atoms. The molecule has 0 saturated carbocycles. The molecule has 0 spiro atoms. The Kier molecular flexibility index (Phi) is 5.33. The topological polar surface area (TPSA) is 55.2 Å². The van der Waals surface area contributed by atoms with Crippen LogP contribution in [0.5, 0.6) is 0 Å². The number of hydrogen-bond donors (Lipinski definition) is 1. The molecule has 4 nitrogen and oxygen atoms in total. The molecule has 21 heavy (non-hydrogen) atoms. The summed E-state index contributed by atoms with van der Waals surface area (Å²) in [6, 6.07) is 12.7. The Bertz CT molecular complexity index is 647. The van der Waals surface area contributed by atoms with E-state index in [9.17, 15) is 10.1 Å². The van der Waals surface area contributed by atoms with Crippen LogP contribution in [-0.2, 0) is 6.54 Å². The quantitative estimate of drug-likeness (QED) is 0.605. The molecular weight excluding hydrogens is 356 g/mol. The van der Waals surface area contributed by atoms with Gasteiger partial charge in [0.05, 0.1) is 15.5 Å². The Morgan fingerprint density at radius 1 is 1.29 bits per heavy atom. The number of nitro benzene ring substituents is 1. The second-order valence-electron chi connectivity index (χ2n) is 4.65. The molecule has 2 aromatic carbocycles. The van der Waals surface area contributed by atoms with Gasteiger partial charge in [-0.2, -0.15) is 0 Å². The fourth-order valence-corrected chi connectivity index (χ4v) is 2.52. The number of nitro groups is 1. The average Bonchev–Trinajstić information content (AvgIpc) is 2.46. The third-order valence-corrected chi connectivity index (χ3v) is 4.13. The minimum atomic E-state index is -0.410. The monoisotopic (exact) mass is 368 g/mol. The normalized spacial score (nSPS) is 12.1. The molecule has 0 aliphatic carbocycles. The molecule has 2 aromatic rings. The van der Waals surface area contributed by atoms with Crippen LogP contribution in [0.3, 0.4) is 0 Å². The molecule has 0 saturated heterocycles. The molecule has 0 radical (unpaired) electrons. The van der Waals surface area contributed by atoms with Crippen molar-refractivity contribution >= 4 is 33.2 Å². The van der Waals surface area contributed by atoms with Gasteiger partial charge in [-0.15, -0.1) is 0 Å². The van der Waals surface area contributed by atoms with Gasteiger partial charge in [-0.25, -0.2) is 0 Å². The first-order chi connectivity index (χ1) is 9.99. The van der Waals surface area contributed by atoms with E-state index in [1.165, 1.54) is 6.07 Å². The lowest BCUT2D eigenvalue weighted by Crippen LogP contribution is -2.19. The second-order valence-corrected chi connectivity index (χ2v) is 5.97. The van der Waals surface area contributed by atoms with Gasteiger partial charge < -0.3 is 5.32 Å². The molecule has 2 rings (SSSR count). The zero-order valence-corrected chi connectivity index (χ0v) is 13.7. The standard InChI is InChI=1S/C15H14BrClN2O2/c1-10(11-5-7-12(16)8-6-11)18-9-13-14(17)3-2-4-15(13)19(20)21/h2-8,10,18H,9H2,1H3. The van der Waals surface area contributed by atoms with Gasteiger partial charge in [0.1, 0.15) is 0 Å². The van der Waals surface area contributed by atoms with E-state index in [4.69, 9.17) is 11.6 Å². The second kappa shape index (κ2) is 7.02. The smallest absolute Gasteiger partial charge is 0.275 e. The molecule has 0 heterocycles. The molecule has 1 unspecified atom stereocenters. The summed E-state index contributed by atoms with van der Waals surface area (Å²) in [5, 5.41) is 14.7. The molecule has 0 aliphatic heterocycles. The van der Waals surface area contributed by atoms with E-state index in [-0.39, 0.29) is 11.7 Å². The van der Waals surface area contributed by atoms with Gasteiger partial charge in [0.2, 0.25) is 0 Å². The van der Waals surface area contributed by atoms with Gasteiger partial charge in [0.15, 0.2) is 0 Å². The van der Waals surface area contributed by atoms with Gasteiger partial charge in [0, 0.05) is 23.1 Å². The molecule has 0 aromatic heterocycles. The van der Waals surface area contributed by atoms with Crippen LogP contribution in [-0.4, -0.2) is 4.92 Å². The average molecular weight is 370 g/mol. The van der Waals surface area contributed by atoms with E-state index in [2.05, 4.69) is 21.2 Å². The highest BCUT2D eigenvalue weighted by molar-refractivity contribution is 9.10. The maximum atomic E-state index is 11.0. The summed E-state index contributed by atoms with van der Waals surface area (Å²) in [5.74, 6) is 0. The fourth-order valence-electron chi connectivity index (χ4n) is 2.02. The largest absolute Gasteiger partial charge is 0.306 e. The third-order valence-electron chi connectivity index (χ3n) is 3.25. The van der Waals surface area contributed by atoms with E-state index in [0.717, 1.165) is 10.0 Å².